The van der Waals surface area contributed by atoms with Gasteiger partial charge in [-0.1, -0.05) is 0 Å². The number of ether oxygens (including phenoxy) is 1. The number of methoxy groups -OCH3 is 1. The molecule has 2 aromatic rings. The van der Waals surface area contributed by atoms with Crippen LogP contribution in [0, 0.1) is 0 Å². The molecular weight excluding hydrogens is 302 g/mol. The quantitative estimate of drug-likeness (QED) is 0.775. The van der Waals surface area contributed by atoms with Gasteiger partial charge in [0.1, 0.15) is 5.75 Å². The Morgan fingerprint density at radius 1 is 1.17 bits per heavy atom. The second-order valence-corrected chi connectivity index (χ2v) is 6.50. The molecule has 0 spiro atoms. The van der Waals surface area contributed by atoms with Crippen molar-refractivity contribution in [2.45, 2.75) is 25.8 Å². The highest BCUT2D eigenvalue weighted by Gasteiger charge is 2.12. The number of hydrogen-bond acceptors (Lipinski definition) is 4. The zero-order valence-electron chi connectivity index (χ0n) is 14.6. The lowest BCUT2D eigenvalue weighted by Crippen LogP contribution is -2.43. The van der Waals surface area contributed by atoms with E-state index in [-0.39, 0.29) is 6.61 Å². The minimum Gasteiger partial charge on any atom is -0.497 e. The highest BCUT2D eigenvalue weighted by Crippen LogP contribution is 2.27. The topological polar surface area (TPSA) is 49.7 Å². The van der Waals surface area contributed by atoms with Crippen LogP contribution in [0.15, 0.2) is 24.4 Å². The van der Waals surface area contributed by atoms with E-state index in [1.54, 1.807) is 7.11 Å². The fourth-order valence-electron chi connectivity index (χ4n) is 3.53. The molecule has 0 aliphatic carbocycles. The van der Waals surface area contributed by atoms with Crippen molar-refractivity contribution < 1.29 is 9.84 Å². The van der Waals surface area contributed by atoms with Crippen molar-refractivity contribution in [3.05, 3.63) is 30.0 Å². The standard InChI is InChI=1S/C19H29N3O2/c1-24-17-5-6-19-18(14-17)16(15-22(19)10-3-13-23)4-2-9-21-11-7-20-8-12-21/h5-6,14-15,20,23H,2-4,7-13H2,1H3. The third kappa shape index (κ3) is 4.09. The Balaban J connectivity index is 1.72. The van der Waals surface area contributed by atoms with E-state index < -0.39 is 0 Å². The summed E-state index contributed by atoms with van der Waals surface area (Å²) in [6, 6.07) is 6.29. The normalized spacial score (nSPS) is 15.9. The fraction of sp³-hybridized carbons (Fsp3) is 0.579. The Kier molecular flexibility index (Phi) is 6.12. The lowest BCUT2D eigenvalue weighted by Gasteiger charge is -2.26. The van der Waals surface area contributed by atoms with Crippen molar-refractivity contribution in [3.8, 4) is 5.75 Å². The van der Waals surface area contributed by atoms with Gasteiger partial charge in [-0.2, -0.15) is 0 Å². The van der Waals surface area contributed by atoms with Crippen LogP contribution in [-0.4, -0.2) is 61.0 Å². The van der Waals surface area contributed by atoms with E-state index >= 15 is 0 Å². The number of rotatable bonds is 8. The third-order valence-electron chi connectivity index (χ3n) is 4.86. The summed E-state index contributed by atoms with van der Waals surface area (Å²) >= 11 is 0. The molecule has 5 nitrogen and oxygen atoms in total. The van der Waals surface area contributed by atoms with Gasteiger partial charge >= 0.3 is 0 Å². The number of aromatic nitrogens is 1. The Hall–Kier alpha value is -1.56. The first-order valence-corrected chi connectivity index (χ1v) is 9.01. The summed E-state index contributed by atoms with van der Waals surface area (Å²) in [6.45, 7) is 6.79. The average Bonchev–Trinajstić information content (AvgIpc) is 2.98. The Morgan fingerprint density at radius 2 is 2.00 bits per heavy atom. The number of nitrogens with zero attached hydrogens (tertiary/aromatic N) is 2. The van der Waals surface area contributed by atoms with Crippen molar-refractivity contribution in [2.24, 2.45) is 0 Å². The molecule has 1 aliphatic heterocycles. The van der Waals surface area contributed by atoms with Crippen LogP contribution in [0.1, 0.15) is 18.4 Å². The van der Waals surface area contributed by atoms with Crippen LogP contribution in [0.4, 0.5) is 0 Å². The number of aryl methyl sites for hydroxylation is 2. The van der Waals surface area contributed by atoms with Gasteiger partial charge in [0.25, 0.3) is 0 Å². The minimum absolute atomic E-state index is 0.230. The zero-order chi connectivity index (χ0) is 16.8. The predicted octanol–water partition coefficient (Wildman–Crippen LogP) is 1.87. The molecule has 24 heavy (non-hydrogen) atoms. The molecule has 0 bridgehead atoms. The van der Waals surface area contributed by atoms with Crippen LogP contribution in [-0.2, 0) is 13.0 Å². The van der Waals surface area contributed by atoms with Gasteiger partial charge in [-0.3, -0.25) is 0 Å². The van der Waals surface area contributed by atoms with Gasteiger partial charge in [0, 0.05) is 56.4 Å². The number of piperazine rings is 1. The van der Waals surface area contributed by atoms with E-state index in [9.17, 15) is 0 Å². The molecule has 1 aromatic carbocycles. The molecule has 0 radical (unpaired) electrons. The van der Waals surface area contributed by atoms with Crippen LogP contribution in [0.3, 0.4) is 0 Å². The maximum atomic E-state index is 9.13. The molecule has 1 fully saturated rings. The molecule has 1 saturated heterocycles. The van der Waals surface area contributed by atoms with E-state index in [0.29, 0.717) is 0 Å². The zero-order valence-corrected chi connectivity index (χ0v) is 14.6. The highest BCUT2D eigenvalue weighted by molar-refractivity contribution is 5.85. The maximum absolute atomic E-state index is 9.13. The van der Waals surface area contributed by atoms with Crippen molar-refractivity contribution >= 4 is 10.9 Å². The van der Waals surface area contributed by atoms with Crippen molar-refractivity contribution in [2.75, 3.05) is 46.4 Å². The number of aliphatic hydroxyl groups is 1. The van der Waals surface area contributed by atoms with E-state index in [1.807, 2.05) is 6.07 Å². The average molecular weight is 331 g/mol. The molecule has 5 heteroatoms. The van der Waals surface area contributed by atoms with Gasteiger partial charge in [-0.05, 0) is 49.6 Å². The van der Waals surface area contributed by atoms with Gasteiger partial charge in [-0.15, -0.1) is 0 Å². The lowest BCUT2D eigenvalue weighted by molar-refractivity contribution is 0.238. The Morgan fingerprint density at radius 3 is 2.75 bits per heavy atom. The monoisotopic (exact) mass is 331 g/mol. The summed E-state index contributed by atoms with van der Waals surface area (Å²) in [4.78, 5) is 2.54. The van der Waals surface area contributed by atoms with Gasteiger partial charge in [0.2, 0.25) is 0 Å². The van der Waals surface area contributed by atoms with Gasteiger partial charge in [0.05, 0.1) is 7.11 Å². The van der Waals surface area contributed by atoms with Crippen molar-refractivity contribution in [1.82, 2.24) is 14.8 Å². The van der Waals surface area contributed by atoms with Gasteiger partial charge in [0.15, 0.2) is 0 Å². The van der Waals surface area contributed by atoms with Gasteiger partial charge < -0.3 is 24.6 Å². The number of aliphatic hydroxyl groups excluding tert-OH is 1. The van der Waals surface area contributed by atoms with Gasteiger partial charge in [-0.25, -0.2) is 0 Å². The highest BCUT2D eigenvalue weighted by atomic mass is 16.5. The fourth-order valence-corrected chi connectivity index (χ4v) is 3.53. The molecule has 2 heterocycles. The molecule has 132 valence electrons. The summed E-state index contributed by atoms with van der Waals surface area (Å²) in [5.41, 5.74) is 2.62. The largest absolute Gasteiger partial charge is 0.497 e. The third-order valence-corrected chi connectivity index (χ3v) is 4.86. The number of hydrogen-bond donors (Lipinski definition) is 2. The minimum atomic E-state index is 0.230. The first-order chi connectivity index (χ1) is 11.8. The van der Waals surface area contributed by atoms with Crippen LogP contribution >= 0.6 is 0 Å². The van der Waals surface area contributed by atoms with E-state index in [2.05, 4.69) is 33.1 Å². The number of benzene rings is 1. The Labute approximate surface area is 144 Å². The maximum Gasteiger partial charge on any atom is 0.119 e. The molecule has 1 aromatic heterocycles. The molecular formula is C19H29N3O2. The smallest absolute Gasteiger partial charge is 0.119 e. The molecule has 0 atom stereocenters. The van der Waals surface area contributed by atoms with E-state index in [4.69, 9.17) is 9.84 Å². The summed E-state index contributed by atoms with van der Waals surface area (Å²) in [5.74, 6) is 0.908. The predicted molar refractivity (Wildman–Crippen MR) is 97.8 cm³/mol. The Bertz CT molecular complexity index is 647. The summed E-state index contributed by atoms with van der Waals surface area (Å²) in [5, 5.41) is 13.8. The number of fused-ring (bicyclic) bond motifs is 1. The number of nitrogens with one attached hydrogen (secondary N) is 1. The van der Waals surface area contributed by atoms with Crippen molar-refractivity contribution in [1.29, 1.82) is 0 Å². The summed E-state index contributed by atoms with van der Waals surface area (Å²) in [6.07, 6.45) is 5.31. The van der Waals surface area contributed by atoms with E-state index in [1.165, 1.54) is 22.9 Å². The molecule has 0 saturated carbocycles. The summed E-state index contributed by atoms with van der Waals surface area (Å²) < 4.78 is 7.67. The van der Waals surface area contributed by atoms with Crippen LogP contribution in [0.25, 0.3) is 10.9 Å². The van der Waals surface area contributed by atoms with Crippen LogP contribution < -0.4 is 10.1 Å². The second-order valence-electron chi connectivity index (χ2n) is 6.50. The van der Waals surface area contributed by atoms with Crippen molar-refractivity contribution in [3.63, 3.8) is 0 Å². The van der Waals surface area contributed by atoms with E-state index in [0.717, 1.165) is 57.9 Å². The molecule has 1 aliphatic rings. The molecule has 0 amide bonds. The lowest BCUT2D eigenvalue weighted by atomic mass is 10.1. The second kappa shape index (κ2) is 8.51. The molecule has 3 rings (SSSR count). The van der Waals surface area contributed by atoms with Crippen LogP contribution in [0.2, 0.25) is 0 Å². The van der Waals surface area contributed by atoms with Crippen LogP contribution in [0.5, 0.6) is 5.75 Å². The SMILES string of the molecule is COc1ccc2c(c1)c(CCCN1CCNCC1)cn2CCCO. The first kappa shape index (κ1) is 17.3. The first-order valence-electron chi connectivity index (χ1n) is 9.01. The summed E-state index contributed by atoms with van der Waals surface area (Å²) in [7, 11) is 1.72. The molecule has 2 N–H and O–H groups in total. The molecule has 0 unspecified atom stereocenters.